The molecule has 0 spiro atoms. The summed E-state index contributed by atoms with van der Waals surface area (Å²) in [6.45, 7) is 3.35. The highest BCUT2D eigenvalue weighted by atomic mass is 16.3. The van der Waals surface area contributed by atoms with E-state index in [9.17, 15) is 9.59 Å². The number of fused-ring (bicyclic) bond motifs is 1. The molecule has 0 saturated carbocycles. The van der Waals surface area contributed by atoms with Gasteiger partial charge in [-0.25, -0.2) is 4.79 Å². The van der Waals surface area contributed by atoms with Gasteiger partial charge in [-0.15, -0.1) is 0 Å². The number of nitrogens with zero attached hydrogens (tertiary/aromatic N) is 3. The second-order valence-electron chi connectivity index (χ2n) is 4.94. The molecule has 21 heavy (non-hydrogen) atoms. The van der Waals surface area contributed by atoms with Crippen molar-refractivity contribution in [3.05, 3.63) is 20.8 Å². The number of aliphatic hydroxyl groups is 1. The fourth-order valence-electron chi connectivity index (χ4n) is 2.18. The number of aromatic amines is 1. The first-order valence-corrected chi connectivity index (χ1v) is 7.14. The maximum Gasteiger partial charge on any atom is 0.329 e. The van der Waals surface area contributed by atoms with Gasteiger partial charge in [0.05, 0.1) is 0 Å². The third-order valence-corrected chi connectivity index (χ3v) is 3.36. The predicted octanol–water partition coefficient (Wildman–Crippen LogP) is 0.0177. The molecule has 0 aliphatic rings. The van der Waals surface area contributed by atoms with Gasteiger partial charge < -0.3 is 15.0 Å². The van der Waals surface area contributed by atoms with Crippen molar-refractivity contribution in [2.45, 2.75) is 32.7 Å². The summed E-state index contributed by atoms with van der Waals surface area (Å²) in [6, 6.07) is 0. The molecular weight excluding hydrogens is 274 g/mol. The number of anilines is 1. The SMILES string of the molecule is CCCCn1c(NCCCO)nc2c1c(=O)[nH]c(=O)n2C. The molecule has 0 amide bonds. The fraction of sp³-hybridized carbons (Fsp3) is 0.615. The van der Waals surface area contributed by atoms with Crippen molar-refractivity contribution in [2.75, 3.05) is 18.5 Å². The van der Waals surface area contributed by atoms with Crippen molar-refractivity contribution in [2.24, 2.45) is 7.05 Å². The lowest BCUT2D eigenvalue weighted by Crippen LogP contribution is -2.29. The van der Waals surface area contributed by atoms with E-state index < -0.39 is 11.2 Å². The molecule has 0 aliphatic carbocycles. The van der Waals surface area contributed by atoms with Crippen molar-refractivity contribution in [3.63, 3.8) is 0 Å². The van der Waals surface area contributed by atoms with Gasteiger partial charge in [-0.3, -0.25) is 14.3 Å². The first-order chi connectivity index (χ1) is 10.1. The number of unbranched alkanes of at least 4 members (excludes halogenated alkanes) is 1. The predicted molar refractivity (Wildman–Crippen MR) is 80.7 cm³/mol. The Balaban J connectivity index is 2.55. The maximum atomic E-state index is 12.1. The quantitative estimate of drug-likeness (QED) is 0.624. The summed E-state index contributed by atoms with van der Waals surface area (Å²) in [5.41, 5.74) is -0.134. The van der Waals surface area contributed by atoms with E-state index in [0.29, 0.717) is 36.6 Å². The molecule has 0 radical (unpaired) electrons. The second-order valence-corrected chi connectivity index (χ2v) is 4.94. The summed E-state index contributed by atoms with van der Waals surface area (Å²) in [6.07, 6.45) is 2.48. The van der Waals surface area contributed by atoms with Crippen molar-refractivity contribution >= 4 is 17.1 Å². The Hall–Kier alpha value is -2.09. The molecule has 0 bridgehead atoms. The van der Waals surface area contributed by atoms with E-state index in [1.54, 1.807) is 11.6 Å². The number of aromatic nitrogens is 4. The number of H-pyrrole nitrogens is 1. The lowest BCUT2D eigenvalue weighted by Gasteiger charge is -2.09. The molecule has 0 atom stereocenters. The number of hydrogen-bond acceptors (Lipinski definition) is 5. The van der Waals surface area contributed by atoms with E-state index in [1.807, 2.05) is 0 Å². The van der Waals surface area contributed by atoms with Crippen LogP contribution in [0.4, 0.5) is 5.95 Å². The van der Waals surface area contributed by atoms with Crippen LogP contribution in [0.15, 0.2) is 9.59 Å². The topological polar surface area (TPSA) is 105 Å². The number of nitrogens with one attached hydrogen (secondary N) is 2. The monoisotopic (exact) mass is 295 g/mol. The molecule has 0 saturated heterocycles. The summed E-state index contributed by atoms with van der Waals surface area (Å²) in [5, 5.41) is 12.0. The lowest BCUT2D eigenvalue weighted by atomic mass is 10.3. The van der Waals surface area contributed by atoms with E-state index in [4.69, 9.17) is 5.11 Å². The molecule has 2 rings (SSSR count). The van der Waals surface area contributed by atoms with Gasteiger partial charge in [0.1, 0.15) is 0 Å². The fourth-order valence-corrected chi connectivity index (χ4v) is 2.18. The Morgan fingerprint density at radius 1 is 1.33 bits per heavy atom. The Bertz CT molecular complexity index is 728. The van der Waals surface area contributed by atoms with Gasteiger partial charge in [0, 0.05) is 26.7 Å². The van der Waals surface area contributed by atoms with Crippen LogP contribution in [0.3, 0.4) is 0 Å². The smallest absolute Gasteiger partial charge is 0.329 e. The van der Waals surface area contributed by atoms with Gasteiger partial charge in [0.25, 0.3) is 5.56 Å². The minimum absolute atomic E-state index is 0.0846. The molecule has 3 N–H and O–H groups in total. The molecule has 0 fully saturated rings. The third-order valence-electron chi connectivity index (χ3n) is 3.36. The summed E-state index contributed by atoms with van der Waals surface area (Å²) in [5.74, 6) is 0.554. The van der Waals surface area contributed by atoms with Gasteiger partial charge in [0.2, 0.25) is 5.95 Å². The molecule has 8 heteroatoms. The summed E-state index contributed by atoms with van der Waals surface area (Å²) in [4.78, 5) is 30.4. The molecule has 0 aliphatic heterocycles. The number of hydrogen-bond donors (Lipinski definition) is 3. The Labute approximate surface area is 121 Å². The summed E-state index contributed by atoms with van der Waals surface area (Å²) >= 11 is 0. The normalized spacial score (nSPS) is 11.2. The van der Waals surface area contributed by atoms with Crippen LogP contribution in [-0.2, 0) is 13.6 Å². The molecular formula is C13H21N5O3. The number of imidazole rings is 1. The first-order valence-electron chi connectivity index (χ1n) is 7.14. The molecule has 116 valence electrons. The van der Waals surface area contributed by atoms with E-state index >= 15 is 0 Å². The van der Waals surface area contributed by atoms with Crippen LogP contribution in [-0.4, -0.2) is 37.4 Å². The van der Waals surface area contributed by atoms with Gasteiger partial charge in [-0.05, 0) is 12.8 Å². The molecule has 0 unspecified atom stereocenters. The van der Waals surface area contributed by atoms with Crippen molar-refractivity contribution in [3.8, 4) is 0 Å². The van der Waals surface area contributed by atoms with E-state index in [0.717, 1.165) is 12.8 Å². The maximum absolute atomic E-state index is 12.1. The molecule has 2 heterocycles. The van der Waals surface area contributed by atoms with Crippen LogP contribution in [0.2, 0.25) is 0 Å². The standard InChI is InChI=1S/C13H21N5O3/c1-3-4-7-18-9-10(15-12(18)14-6-5-8-19)17(2)13(21)16-11(9)20/h19H,3-8H2,1-2H3,(H,14,15)(H,16,20,21). The van der Waals surface area contributed by atoms with Crippen LogP contribution in [0, 0.1) is 0 Å². The highest BCUT2D eigenvalue weighted by Crippen LogP contribution is 2.16. The number of aliphatic hydroxyl groups excluding tert-OH is 1. The zero-order valence-corrected chi connectivity index (χ0v) is 12.3. The summed E-state index contributed by atoms with van der Waals surface area (Å²) < 4.78 is 3.13. The Morgan fingerprint density at radius 2 is 2.10 bits per heavy atom. The molecule has 0 aromatic carbocycles. The zero-order valence-electron chi connectivity index (χ0n) is 12.3. The minimum Gasteiger partial charge on any atom is -0.396 e. The largest absolute Gasteiger partial charge is 0.396 e. The lowest BCUT2D eigenvalue weighted by molar-refractivity contribution is 0.292. The van der Waals surface area contributed by atoms with E-state index in [1.165, 1.54) is 4.57 Å². The molecule has 2 aromatic rings. The average molecular weight is 295 g/mol. The van der Waals surface area contributed by atoms with Crippen molar-refractivity contribution in [1.82, 2.24) is 19.1 Å². The van der Waals surface area contributed by atoms with Gasteiger partial charge in [-0.2, -0.15) is 4.98 Å². The van der Waals surface area contributed by atoms with Crippen LogP contribution >= 0.6 is 0 Å². The number of rotatable bonds is 7. The van der Waals surface area contributed by atoms with Crippen LogP contribution in [0.25, 0.3) is 11.2 Å². The first kappa shape index (κ1) is 15.3. The van der Waals surface area contributed by atoms with Crippen molar-refractivity contribution in [1.29, 1.82) is 0 Å². The zero-order chi connectivity index (χ0) is 15.4. The van der Waals surface area contributed by atoms with E-state index in [-0.39, 0.29) is 6.61 Å². The Kier molecular flexibility index (Phi) is 4.79. The third kappa shape index (κ3) is 2.99. The average Bonchev–Trinajstić information content (AvgIpc) is 2.82. The molecule has 2 aromatic heterocycles. The van der Waals surface area contributed by atoms with Crippen LogP contribution < -0.4 is 16.6 Å². The summed E-state index contributed by atoms with van der Waals surface area (Å²) in [7, 11) is 1.58. The minimum atomic E-state index is -0.477. The number of aryl methyl sites for hydroxylation is 2. The second kappa shape index (κ2) is 6.57. The molecule has 8 nitrogen and oxygen atoms in total. The van der Waals surface area contributed by atoms with Gasteiger partial charge in [0.15, 0.2) is 11.2 Å². The highest BCUT2D eigenvalue weighted by Gasteiger charge is 2.16. The van der Waals surface area contributed by atoms with Crippen molar-refractivity contribution < 1.29 is 5.11 Å². The highest BCUT2D eigenvalue weighted by molar-refractivity contribution is 5.74. The van der Waals surface area contributed by atoms with Gasteiger partial charge >= 0.3 is 5.69 Å². The van der Waals surface area contributed by atoms with E-state index in [2.05, 4.69) is 22.2 Å². The van der Waals surface area contributed by atoms with Crippen LogP contribution in [0.1, 0.15) is 26.2 Å². The van der Waals surface area contributed by atoms with Gasteiger partial charge in [-0.1, -0.05) is 13.3 Å². The Morgan fingerprint density at radius 3 is 2.76 bits per heavy atom. The van der Waals surface area contributed by atoms with Crippen LogP contribution in [0.5, 0.6) is 0 Å².